The van der Waals surface area contributed by atoms with Crippen LogP contribution in [-0.2, 0) is 14.3 Å². The van der Waals surface area contributed by atoms with Crippen LogP contribution < -0.4 is 0 Å². The lowest BCUT2D eigenvalue weighted by Gasteiger charge is -2.51. The molecule has 1 saturated heterocycles. The Morgan fingerprint density at radius 1 is 1.21 bits per heavy atom. The van der Waals surface area contributed by atoms with Gasteiger partial charge in [0.2, 0.25) is 0 Å². The number of allylic oxidation sites excluding steroid dienone is 2. The molecule has 0 spiro atoms. The summed E-state index contributed by atoms with van der Waals surface area (Å²) < 4.78 is 11.8. The van der Waals surface area contributed by atoms with E-state index in [1.807, 2.05) is 6.92 Å². The van der Waals surface area contributed by atoms with E-state index in [0.29, 0.717) is 0 Å². The SMILES string of the molecule is C/C=C(\C)[C@H]1O[C@@H]2C(C)=C[C@](C)(C(=O)OC)[C@@H]3C(C)=C[C@@]1(C)[C@]23C. The van der Waals surface area contributed by atoms with Crippen LogP contribution >= 0.6 is 0 Å². The van der Waals surface area contributed by atoms with E-state index in [1.165, 1.54) is 18.3 Å². The van der Waals surface area contributed by atoms with Crippen molar-refractivity contribution in [2.45, 2.75) is 60.7 Å². The van der Waals surface area contributed by atoms with Crippen molar-refractivity contribution in [2.24, 2.45) is 22.2 Å². The number of hydrogen-bond acceptors (Lipinski definition) is 3. The second-order valence-corrected chi connectivity index (χ2v) is 8.48. The molecule has 0 unspecified atom stereocenters. The minimum atomic E-state index is -0.648. The van der Waals surface area contributed by atoms with E-state index in [9.17, 15) is 4.79 Å². The first-order valence-electron chi connectivity index (χ1n) is 8.83. The minimum Gasteiger partial charge on any atom is -0.468 e. The van der Waals surface area contributed by atoms with Crippen LogP contribution in [0.25, 0.3) is 0 Å². The molecule has 24 heavy (non-hydrogen) atoms. The van der Waals surface area contributed by atoms with E-state index >= 15 is 0 Å². The summed E-state index contributed by atoms with van der Waals surface area (Å²) in [6, 6.07) is 0. The monoisotopic (exact) mass is 330 g/mol. The smallest absolute Gasteiger partial charge is 0.316 e. The van der Waals surface area contributed by atoms with Gasteiger partial charge in [-0.15, -0.1) is 0 Å². The predicted molar refractivity (Wildman–Crippen MR) is 95.4 cm³/mol. The van der Waals surface area contributed by atoms with Crippen molar-refractivity contribution in [3.63, 3.8) is 0 Å². The Morgan fingerprint density at radius 2 is 1.83 bits per heavy atom. The molecule has 2 aliphatic carbocycles. The Labute approximate surface area is 145 Å². The molecule has 132 valence electrons. The van der Waals surface area contributed by atoms with E-state index < -0.39 is 5.41 Å². The highest BCUT2D eigenvalue weighted by Crippen LogP contribution is 2.71. The normalized spacial score (nSPS) is 47.2. The van der Waals surface area contributed by atoms with Gasteiger partial charge >= 0.3 is 5.97 Å². The standard InChI is InChI=1S/C21H30O3/c1-9-12(2)16-20(6)11-13(3)15-19(5,18(22)23-8)10-14(4)17(24-16)21(15,20)7/h9-11,15-17H,1-8H3/b12-9+/t15-,16+,17+,19-,20+,21-/m0/s1. The van der Waals surface area contributed by atoms with Crippen molar-refractivity contribution in [3.05, 3.63) is 34.9 Å². The van der Waals surface area contributed by atoms with E-state index in [0.717, 1.165) is 5.57 Å². The van der Waals surface area contributed by atoms with Crippen LogP contribution in [-0.4, -0.2) is 25.3 Å². The lowest BCUT2D eigenvalue weighted by Crippen LogP contribution is -2.54. The summed E-state index contributed by atoms with van der Waals surface area (Å²) in [5.74, 6) is -0.0689. The van der Waals surface area contributed by atoms with Crippen molar-refractivity contribution in [1.82, 2.24) is 0 Å². The molecule has 1 fully saturated rings. The van der Waals surface area contributed by atoms with Crippen LogP contribution in [0.1, 0.15) is 48.5 Å². The molecule has 0 N–H and O–H groups in total. The van der Waals surface area contributed by atoms with Gasteiger partial charge in [-0.05, 0) is 45.8 Å². The maximum Gasteiger partial charge on any atom is 0.316 e. The fraction of sp³-hybridized carbons (Fsp3) is 0.667. The van der Waals surface area contributed by atoms with Crippen LogP contribution in [0.3, 0.4) is 0 Å². The first kappa shape index (κ1) is 17.5. The third kappa shape index (κ3) is 1.74. The number of hydrogen-bond donors (Lipinski definition) is 0. The molecule has 3 rings (SSSR count). The molecule has 3 heteroatoms. The van der Waals surface area contributed by atoms with Gasteiger partial charge in [-0.1, -0.05) is 37.6 Å². The summed E-state index contributed by atoms with van der Waals surface area (Å²) in [6.45, 7) is 15.1. The van der Waals surface area contributed by atoms with Gasteiger partial charge in [0.15, 0.2) is 0 Å². The Balaban J connectivity index is 2.26. The molecular weight excluding hydrogens is 300 g/mol. The van der Waals surface area contributed by atoms with Crippen LogP contribution in [0.5, 0.6) is 0 Å². The molecule has 0 radical (unpaired) electrons. The van der Waals surface area contributed by atoms with Crippen LogP contribution in [0.2, 0.25) is 0 Å². The lowest BCUT2D eigenvalue weighted by atomic mass is 9.50. The molecule has 0 aromatic carbocycles. The highest BCUT2D eigenvalue weighted by Gasteiger charge is 2.72. The van der Waals surface area contributed by atoms with E-state index in [2.05, 4.69) is 59.8 Å². The van der Waals surface area contributed by atoms with Gasteiger partial charge in [0.25, 0.3) is 0 Å². The number of esters is 1. The zero-order valence-electron chi connectivity index (χ0n) is 16.2. The topological polar surface area (TPSA) is 35.5 Å². The van der Waals surface area contributed by atoms with Gasteiger partial charge < -0.3 is 9.47 Å². The number of carbonyl (C=O) groups is 1. The van der Waals surface area contributed by atoms with Crippen molar-refractivity contribution >= 4 is 5.97 Å². The molecular formula is C21H30O3. The first-order valence-corrected chi connectivity index (χ1v) is 8.83. The number of rotatable bonds is 2. The maximum atomic E-state index is 12.7. The first-order chi connectivity index (χ1) is 11.1. The number of ether oxygens (including phenoxy) is 2. The predicted octanol–water partition coefficient (Wildman–Crippen LogP) is 4.45. The Hall–Kier alpha value is -1.35. The van der Waals surface area contributed by atoms with Crippen molar-refractivity contribution in [2.75, 3.05) is 7.11 Å². The van der Waals surface area contributed by atoms with E-state index in [1.54, 1.807) is 0 Å². The van der Waals surface area contributed by atoms with Crippen molar-refractivity contribution in [3.8, 4) is 0 Å². The van der Waals surface area contributed by atoms with Crippen LogP contribution in [0, 0.1) is 22.2 Å². The Morgan fingerprint density at radius 3 is 2.38 bits per heavy atom. The Bertz CT molecular complexity index is 685. The Kier molecular flexibility index (Phi) is 3.69. The molecule has 3 nitrogen and oxygen atoms in total. The summed E-state index contributed by atoms with van der Waals surface area (Å²) >= 11 is 0. The fourth-order valence-electron chi connectivity index (χ4n) is 6.14. The zero-order chi connectivity index (χ0) is 18.1. The van der Waals surface area contributed by atoms with Crippen LogP contribution in [0.15, 0.2) is 34.9 Å². The average Bonchev–Trinajstić information content (AvgIpc) is 2.86. The van der Waals surface area contributed by atoms with Gasteiger partial charge in [0, 0.05) is 16.7 Å². The molecule has 0 saturated carbocycles. The van der Waals surface area contributed by atoms with Gasteiger partial charge in [0.1, 0.15) is 0 Å². The van der Waals surface area contributed by atoms with Gasteiger partial charge in [0.05, 0.1) is 24.7 Å². The molecule has 6 atom stereocenters. The summed E-state index contributed by atoms with van der Waals surface area (Å²) in [5.41, 5.74) is 2.73. The number of methoxy groups -OCH3 is 1. The average molecular weight is 330 g/mol. The molecule has 3 aliphatic rings. The quantitative estimate of drug-likeness (QED) is 0.554. The third-order valence-electron chi connectivity index (χ3n) is 7.14. The molecule has 0 aromatic rings. The van der Waals surface area contributed by atoms with Crippen molar-refractivity contribution < 1.29 is 14.3 Å². The third-order valence-corrected chi connectivity index (χ3v) is 7.14. The van der Waals surface area contributed by atoms with Crippen LogP contribution in [0.4, 0.5) is 0 Å². The van der Waals surface area contributed by atoms with Gasteiger partial charge in [-0.2, -0.15) is 0 Å². The summed E-state index contributed by atoms with van der Waals surface area (Å²) in [6.07, 6.45) is 6.67. The summed E-state index contributed by atoms with van der Waals surface area (Å²) in [5, 5.41) is 0. The van der Waals surface area contributed by atoms with Gasteiger partial charge in [-0.25, -0.2) is 0 Å². The molecule has 0 amide bonds. The van der Waals surface area contributed by atoms with E-state index in [-0.39, 0.29) is 34.9 Å². The molecule has 0 aromatic heterocycles. The second kappa shape index (κ2) is 5.08. The maximum absolute atomic E-state index is 12.7. The molecule has 1 heterocycles. The van der Waals surface area contributed by atoms with Crippen molar-refractivity contribution in [1.29, 1.82) is 0 Å². The lowest BCUT2D eigenvalue weighted by molar-refractivity contribution is -0.155. The molecule has 0 bridgehead atoms. The van der Waals surface area contributed by atoms with Gasteiger partial charge in [-0.3, -0.25) is 4.79 Å². The minimum absolute atomic E-state index is 0.0267. The highest BCUT2D eigenvalue weighted by molar-refractivity contribution is 5.81. The zero-order valence-corrected chi connectivity index (χ0v) is 16.2. The number of carbonyl (C=O) groups excluding carboxylic acids is 1. The fourth-order valence-corrected chi connectivity index (χ4v) is 6.14. The largest absolute Gasteiger partial charge is 0.468 e. The summed E-state index contributed by atoms with van der Waals surface area (Å²) in [4.78, 5) is 12.7. The second-order valence-electron chi connectivity index (χ2n) is 8.48. The highest BCUT2D eigenvalue weighted by atomic mass is 16.5. The summed E-state index contributed by atoms with van der Waals surface area (Å²) in [7, 11) is 1.48. The van der Waals surface area contributed by atoms with E-state index in [4.69, 9.17) is 9.47 Å². The molecule has 1 aliphatic heterocycles.